The van der Waals surface area contributed by atoms with Gasteiger partial charge >= 0.3 is 0 Å². The first-order valence-corrected chi connectivity index (χ1v) is 8.94. The Morgan fingerprint density at radius 3 is 2.55 bits per heavy atom. The lowest BCUT2D eigenvalue weighted by Crippen LogP contribution is -2.42. The van der Waals surface area contributed by atoms with E-state index in [1.807, 2.05) is 0 Å². The fourth-order valence-corrected chi connectivity index (χ4v) is 4.15. The predicted octanol–water partition coefficient (Wildman–Crippen LogP) is 4.39. The Kier molecular flexibility index (Phi) is 6.35. The topological polar surface area (TPSA) is 21.3 Å². The van der Waals surface area contributed by atoms with E-state index in [2.05, 4.69) is 26.1 Å². The van der Waals surface area contributed by atoms with Gasteiger partial charge in [-0.05, 0) is 62.9 Å². The molecule has 2 atom stereocenters. The summed E-state index contributed by atoms with van der Waals surface area (Å²) in [6, 6.07) is 0. The highest BCUT2D eigenvalue weighted by atomic mass is 16.5. The summed E-state index contributed by atoms with van der Waals surface area (Å²) in [5.74, 6) is 2.46. The van der Waals surface area contributed by atoms with Crippen molar-refractivity contribution in [2.75, 3.05) is 19.7 Å². The molecule has 1 aliphatic heterocycles. The molecule has 20 heavy (non-hydrogen) atoms. The average molecular weight is 281 g/mol. The number of rotatable bonds is 6. The van der Waals surface area contributed by atoms with Gasteiger partial charge in [-0.1, -0.05) is 40.0 Å². The van der Waals surface area contributed by atoms with Gasteiger partial charge in [-0.15, -0.1) is 0 Å². The highest BCUT2D eigenvalue weighted by Crippen LogP contribution is 2.42. The molecule has 0 bridgehead atoms. The van der Waals surface area contributed by atoms with Gasteiger partial charge < -0.3 is 10.1 Å². The van der Waals surface area contributed by atoms with E-state index in [4.69, 9.17) is 4.74 Å². The fourth-order valence-electron chi connectivity index (χ4n) is 4.15. The lowest BCUT2D eigenvalue weighted by atomic mass is 9.74. The molecule has 1 N–H and O–H groups in total. The molecule has 1 saturated carbocycles. The maximum absolute atomic E-state index is 6.22. The zero-order valence-electron chi connectivity index (χ0n) is 13.9. The molecule has 2 rings (SSSR count). The van der Waals surface area contributed by atoms with Crippen LogP contribution in [0.15, 0.2) is 0 Å². The highest BCUT2D eigenvalue weighted by molar-refractivity contribution is 4.90. The molecule has 1 heterocycles. The normalized spacial score (nSPS) is 27.9. The second-order valence-corrected chi connectivity index (χ2v) is 7.84. The Morgan fingerprint density at radius 2 is 1.85 bits per heavy atom. The van der Waals surface area contributed by atoms with E-state index in [1.165, 1.54) is 57.9 Å². The van der Waals surface area contributed by atoms with E-state index in [9.17, 15) is 0 Å². The lowest BCUT2D eigenvalue weighted by Gasteiger charge is -2.44. The molecular formula is C18H35NO. The third kappa shape index (κ3) is 5.04. The van der Waals surface area contributed by atoms with Gasteiger partial charge in [0.1, 0.15) is 0 Å². The Balaban J connectivity index is 1.72. The van der Waals surface area contributed by atoms with Crippen LogP contribution in [0.4, 0.5) is 0 Å². The van der Waals surface area contributed by atoms with E-state index < -0.39 is 0 Å². The highest BCUT2D eigenvalue weighted by Gasteiger charge is 2.38. The average Bonchev–Trinajstić information content (AvgIpc) is 2.39. The summed E-state index contributed by atoms with van der Waals surface area (Å²) >= 11 is 0. The molecule has 0 radical (unpaired) electrons. The third-order valence-corrected chi connectivity index (χ3v) is 5.14. The standard InChI is InChI=1S/C18H35NO/c1-15(2)13-19-14-16(3)11-17-7-10-20-18(12-17)8-5-4-6-9-18/h15-17,19H,4-14H2,1-3H3. The summed E-state index contributed by atoms with van der Waals surface area (Å²) in [4.78, 5) is 0. The van der Waals surface area contributed by atoms with Gasteiger partial charge in [-0.25, -0.2) is 0 Å². The van der Waals surface area contributed by atoms with Gasteiger partial charge in [-0.3, -0.25) is 0 Å². The molecule has 0 aromatic carbocycles. The molecule has 1 aliphatic carbocycles. The Labute approximate surface area is 126 Å². The lowest BCUT2D eigenvalue weighted by molar-refractivity contribution is -0.119. The van der Waals surface area contributed by atoms with Crippen molar-refractivity contribution >= 4 is 0 Å². The van der Waals surface area contributed by atoms with Crippen LogP contribution in [0.1, 0.15) is 72.1 Å². The van der Waals surface area contributed by atoms with Gasteiger partial charge in [0.05, 0.1) is 5.60 Å². The van der Waals surface area contributed by atoms with Crippen molar-refractivity contribution in [2.24, 2.45) is 17.8 Å². The molecule has 2 heteroatoms. The molecule has 0 aromatic rings. The third-order valence-electron chi connectivity index (χ3n) is 5.14. The molecule has 0 aromatic heterocycles. The number of ether oxygens (including phenoxy) is 1. The summed E-state index contributed by atoms with van der Waals surface area (Å²) in [6.45, 7) is 10.3. The molecule has 1 saturated heterocycles. The maximum atomic E-state index is 6.22. The van der Waals surface area contributed by atoms with E-state index in [0.717, 1.165) is 30.9 Å². The minimum Gasteiger partial charge on any atom is -0.375 e. The van der Waals surface area contributed by atoms with E-state index in [-0.39, 0.29) is 5.60 Å². The van der Waals surface area contributed by atoms with Crippen LogP contribution in [0.3, 0.4) is 0 Å². The van der Waals surface area contributed by atoms with Crippen molar-refractivity contribution in [2.45, 2.75) is 77.7 Å². The zero-order chi connectivity index (χ0) is 14.4. The van der Waals surface area contributed by atoms with Crippen molar-refractivity contribution in [1.82, 2.24) is 5.32 Å². The van der Waals surface area contributed by atoms with Crippen molar-refractivity contribution in [3.8, 4) is 0 Å². The van der Waals surface area contributed by atoms with E-state index in [0.29, 0.717) is 0 Å². The Bertz CT molecular complexity index is 265. The first-order valence-electron chi connectivity index (χ1n) is 8.94. The number of hydrogen-bond acceptors (Lipinski definition) is 2. The number of hydrogen-bond donors (Lipinski definition) is 1. The first kappa shape index (κ1) is 16.3. The molecule has 2 unspecified atom stereocenters. The van der Waals surface area contributed by atoms with Crippen molar-refractivity contribution < 1.29 is 4.74 Å². The summed E-state index contributed by atoms with van der Waals surface area (Å²) in [6.07, 6.45) is 10.8. The second-order valence-electron chi connectivity index (χ2n) is 7.84. The van der Waals surface area contributed by atoms with Crippen LogP contribution in [-0.2, 0) is 4.74 Å². The van der Waals surface area contributed by atoms with E-state index >= 15 is 0 Å². The van der Waals surface area contributed by atoms with Crippen LogP contribution < -0.4 is 5.32 Å². The van der Waals surface area contributed by atoms with Gasteiger partial charge in [0.25, 0.3) is 0 Å². The summed E-state index contributed by atoms with van der Waals surface area (Å²) in [5.41, 5.74) is 0.284. The Hall–Kier alpha value is -0.0800. The van der Waals surface area contributed by atoms with Crippen LogP contribution in [0, 0.1) is 17.8 Å². The van der Waals surface area contributed by atoms with Crippen molar-refractivity contribution in [3.63, 3.8) is 0 Å². The predicted molar refractivity (Wildman–Crippen MR) is 86.0 cm³/mol. The quantitative estimate of drug-likeness (QED) is 0.779. The summed E-state index contributed by atoms with van der Waals surface area (Å²) in [7, 11) is 0. The second kappa shape index (κ2) is 7.79. The molecule has 1 spiro atoms. The molecule has 2 nitrogen and oxygen atoms in total. The molecule has 0 amide bonds. The van der Waals surface area contributed by atoms with Crippen LogP contribution in [0.2, 0.25) is 0 Å². The van der Waals surface area contributed by atoms with Crippen LogP contribution in [0.25, 0.3) is 0 Å². The van der Waals surface area contributed by atoms with Gasteiger partial charge in [0, 0.05) is 6.61 Å². The molecule has 2 aliphatic rings. The van der Waals surface area contributed by atoms with Crippen molar-refractivity contribution in [1.29, 1.82) is 0 Å². The van der Waals surface area contributed by atoms with Gasteiger partial charge in [0.15, 0.2) is 0 Å². The van der Waals surface area contributed by atoms with Crippen LogP contribution in [-0.4, -0.2) is 25.3 Å². The summed E-state index contributed by atoms with van der Waals surface area (Å²) < 4.78 is 6.22. The first-order chi connectivity index (χ1) is 9.60. The van der Waals surface area contributed by atoms with Gasteiger partial charge in [0.2, 0.25) is 0 Å². The molecule has 118 valence electrons. The molecule has 2 fully saturated rings. The SMILES string of the molecule is CC(C)CNCC(C)CC1CCOC2(CCCCC2)C1. The summed E-state index contributed by atoms with van der Waals surface area (Å²) in [5, 5.41) is 3.61. The smallest absolute Gasteiger partial charge is 0.0685 e. The Morgan fingerprint density at radius 1 is 1.10 bits per heavy atom. The van der Waals surface area contributed by atoms with Crippen molar-refractivity contribution in [3.05, 3.63) is 0 Å². The van der Waals surface area contributed by atoms with E-state index in [1.54, 1.807) is 0 Å². The minimum absolute atomic E-state index is 0.284. The fraction of sp³-hybridized carbons (Fsp3) is 1.00. The largest absolute Gasteiger partial charge is 0.375 e. The number of nitrogens with one attached hydrogen (secondary N) is 1. The monoisotopic (exact) mass is 281 g/mol. The van der Waals surface area contributed by atoms with Gasteiger partial charge in [-0.2, -0.15) is 0 Å². The minimum atomic E-state index is 0.284. The van der Waals surface area contributed by atoms with Crippen LogP contribution in [0.5, 0.6) is 0 Å². The van der Waals surface area contributed by atoms with Crippen LogP contribution >= 0.6 is 0 Å². The maximum Gasteiger partial charge on any atom is 0.0685 e. The molecular weight excluding hydrogens is 246 g/mol. The zero-order valence-corrected chi connectivity index (χ0v) is 13.9.